The second-order valence-electron chi connectivity index (χ2n) is 6.22. The second-order valence-corrected chi connectivity index (χ2v) is 9.39. The van der Waals surface area contributed by atoms with Crippen LogP contribution in [-0.4, -0.2) is 63.0 Å². The van der Waals surface area contributed by atoms with Crippen LogP contribution in [0.5, 0.6) is 0 Å². The van der Waals surface area contributed by atoms with E-state index in [9.17, 15) is 26.4 Å². The molecule has 0 bridgehead atoms. The van der Waals surface area contributed by atoms with Gasteiger partial charge in [-0.05, 0) is 6.42 Å². The number of guanidine groups is 1. The van der Waals surface area contributed by atoms with Gasteiger partial charge in [0.2, 0.25) is 5.91 Å². The molecule has 13 heteroatoms. The van der Waals surface area contributed by atoms with Crippen LogP contribution >= 0.6 is 11.3 Å². The van der Waals surface area contributed by atoms with E-state index in [0.29, 0.717) is 30.4 Å². The molecule has 1 unspecified atom stereocenters. The summed E-state index contributed by atoms with van der Waals surface area (Å²) in [6.45, 7) is 0.608. The van der Waals surface area contributed by atoms with Gasteiger partial charge in [0.25, 0.3) is 0 Å². The van der Waals surface area contributed by atoms with Crippen molar-refractivity contribution in [2.75, 3.05) is 31.6 Å². The van der Waals surface area contributed by atoms with Crippen LogP contribution in [0.4, 0.5) is 13.2 Å². The number of aromatic nitrogens is 1. The summed E-state index contributed by atoms with van der Waals surface area (Å²) in [4.78, 5) is 19.4. The van der Waals surface area contributed by atoms with Crippen molar-refractivity contribution in [3.63, 3.8) is 0 Å². The lowest BCUT2D eigenvalue weighted by atomic mass is 10.2. The zero-order valence-electron chi connectivity index (χ0n) is 15.2. The number of carbonyl (C=O) groups excluding carboxylic acids is 1. The van der Waals surface area contributed by atoms with Gasteiger partial charge in [-0.1, -0.05) is 0 Å². The van der Waals surface area contributed by atoms with Gasteiger partial charge in [0.1, 0.15) is 0 Å². The van der Waals surface area contributed by atoms with Gasteiger partial charge in [-0.2, -0.15) is 13.2 Å². The molecule has 1 aromatic heterocycles. The van der Waals surface area contributed by atoms with Crippen molar-refractivity contribution in [2.45, 2.75) is 31.5 Å². The van der Waals surface area contributed by atoms with E-state index in [4.69, 9.17) is 0 Å². The number of amides is 1. The Hall–Kier alpha value is -1.89. The molecular weight excluding hydrogens is 419 g/mol. The van der Waals surface area contributed by atoms with E-state index in [1.54, 1.807) is 0 Å². The fourth-order valence-corrected chi connectivity index (χ4v) is 5.05. The summed E-state index contributed by atoms with van der Waals surface area (Å²) in [6, 6.07) is -0.338. The van der Waals surface area contributed by atoms with Crippen LogP contribution in [-0.2, 0) is 27.2 Å². The molecule has 1 fully saturated rings. The Morgan fingerprint density at radius 3 is 2.64 bits per heavy atom. The molecule has 3 N–H and O–H groups in total. The first-order valence-electron chi connectivity index (χ1n) is 8.55. The lowest BCUT2D eigenvalue weighted by Crippen LogP contribution is -2.41. The summed E-state index contributed by atoms with van der Waals surface area (Å²) in [5, 5.41) is 9.89. The largest absolute Gasteiger partial charge is 0.434 e. The molecule has 2 rings (SSSR count). The maximum absolute atomic E-state index is 12.5. The van der Waals surface area contributed by atoms with Gasteiger partial charge in [0, 0.05) is 44.4 Å². The fraction of sp³-hybridized carbons (Fsp3) is 0.667. The van der Waals surface area contributed by atoms with Gasteiger partial charge in [0.15, 0.2) is 21.5 Å². The maximum atomic E-state index is 12.5. The Kier molecular flexibility index (Phi) is 7.63. The predicted octanol–water partition coefficient (Wildman–Crippen LogP) is 0.563. The first-order valence-corrected chi connectivity index (χ1v) is 11.2. The second kappa shape index (κ2) is 9.54. The normalized spacial score (nSPS) is 19.4. The van der Waals surface area contributed by atoms with E-state index in [2.05, 4.69) is 25.9 Å². The lowest BCUT2D eigenvalue weighted by molar-refractivity contribution is -0.140. The SMILES string of the molecule is CN=C(NCCC(=O)NC1CCS(=O)(=O)C1)NCCc1nc(C(F)(F)F)cs1. The number of thiazole rings is 1. The number of halogens is 3. The smallest absolute Gasteiger partial charge is 0.356 e. The van der Waals surface area contributed by atoms with E-state index in [1.165, 1.54) is 7.05 Å². The molecule has 0 spiro atoms. The average Bonchev–Trinajstić information content (AvgIpc) is 3.19. The van der Waals surface area contributed by atoms with E-state index in [1.807, 2.05) is 0 Å². The number of carbonyl (C=O) groups is 1. The molecule has 1 aromatic rings. The standard InChI is InChI=1S/C15H22F3N5O3S2/c1-19-14(21-6-3-13-23-11(8-27-13)15(16,17)18)20-5-2-12(24)22-10-4-7-28(25,26)9-10/h8,10H,2-7,9H2,1H3,(H,22,24)(H2,19,20,21). The van der Waals surface area contributed by atoms with Crippen LogP contribution in [0.15, 0.2) is 10.4 Å². The highest BCUT2D eigenvalue weighted by Crippen LogP contribution is 2.29. The summed E-state index contributed by atoms with van der Waals surface area (Å²) in [7, 11) is -1.51. The van der Waals surface area contributed by atoms with Crippen LogP contribution in [0, 0.1) is 0 Å². The van der Waals surface area contributed by atoms with E-state index in [-0.39, 0.29) is 36.4 Å². The number of alkyl halides is 3. The number of nitrogens with one attached hydrogen (secondary N) is 3. The third kappa shape index (κ3) is 7.26. The molecule has 2 heterocycles. The number of aliphatic imine (C=N–C) groups is 1. The highest BCUT2D eigenvalue weighted by atomic mass is 32.2. The third-order valence-corrected chi connectivity index (χ3v) is 6.62. The van der Waals surface area contributed by atoms with Crippen LogP contribution in [0.25, 0.3) is 0 Å². The summed E-state index contributed by atoms with van der Waals surface area (Å²) in [6.07, 6.45) is -3.57. The zero-order valence-corrected chi connectivity index (χ0v) is 16.8. The van der Waals surface area contributed by atoms with Crippen molar-refractivity contribution in [3.05, 3.63) is 16.1 Å². The van der Waals surface area contributed by atoms with Crippen molar-refractivity contribution in [1.82, 2.24) is 20.9 Å². The first-order chi connectivity index (χ1) is 13.1. The van der Waals surface area contributed by atoms with Crippen molar-refractivity contribution >= 4 is 33.0 Å². The molecule has 8 nitrogen and oxygen atoms in total. The van der Waals surface area contributed by atoms with Crippen molar-refractivity contribution in [2.24, 2.45) is 4.99 Å². The van der Waals surface area contributed by atoms with Crippen LogP contribution < -0.4 is 16.0 Å². The predicted molar refractivity (Wildman–Crippen MR) is 100 cm³/mol. The minimum absolute atomic E-state index is 0.0256. The average molecular weight is 442 g/mol. The van der Waals surface area contributed by atoms with E-state index in [0.717, 1.165) is 16.7 Å². The Bertz CT molecular complexity index is 808. The molecule has 1 atom stereocenters. The molecule has 1 aliphatic heterocycles. The van der Waals surface area contributed by atoms with E-state index >= 15 is 0 Å². The zero-order chi connectivity index (χ0) is 20.8. The number of rotatable bonds is 7. The quantitative estimate of drug-likeness (QED) is 0.421. The van der Waals surface area contributed by atoms with Crippen LogP contribution in [0.1, 0.15) is 23.5 Å². The van der Waals surface area contributed by atoms with Crippen LogP contribution in [0.2, 0.25) is 0 Å². The first kappa shape index (κ1) is 22.4. The molecular formula is C15H22F3N5O3S2. The molecule has 28 heavy (non-hydrogen) atoms. The monoisotopic (exact) mass is 441 g/mol. The molecule has 0 radical (unpaired) electrons. The molecule has 1 amide bonds. The Labute approximate surface area is 164 Å². The topological polar surface area (TPSA) is 113 Å². The highest BCUT2D eigenvalue weighted by Gasteiger charge is 2.33. The molecule has 1 saturated heterocycles. The Morgan fingerprint density at radius 2 is 2.07 bits per heavy atom. The molecule has 158 valence electrons. The van der Waals surface area contributed by atoms with Crippen molar-refractivity contribution in [3.8, 4) is 0 Å². The third-order valence-electron chi connectivity index (χ3n) is 3.94. The fourth-order valence-electron chi connectivity index (χ4n) is 2.57. The van der Waals surface area contributed by atoms with Crippen molar-refractivity contribution in [1.29, 1.82) is 0 Å². The number of hydrogen-bond acceptors (Lipinski definition) is 6. The van der Waals surface area contributed by atoms with Gasteiger partial charge >= 0.3 is 6.18 Å². The Morgan fingerprint density at radius 1 is 1.36 bits per heavy atom. The summed E-state index contributed by atoms with van der Waals surface area (Å²) in [5.74, 6) is 0.217. The molecule has 1 aliphatic rings. The Balaban J connectivity index is 1.65. The number of sulfone groups is 1. The number of hydrogen-bond donors (Lipinski definition) is 3. The van der Waals surface area contributed by atoms with Gasteiger partial charge in [-0.3, -0.25) is 9.79 Å². The lowest BCUT2D eigenvalue weighted by Gasteiger charge is -2.13. The van der Waals surface area contributed by atoms with Gasteiger partial charge in [-0.15, -0.1) is 11.3 Å². The molecule has 0 aromatic carbocycles. The molecule has 0 aliphatic carbocycles. The summed E-state index contributed by atoms with van der Waals surface area (Å²) in [5.41, 5.74) is -0.893. The molecule has 0 saturated carbocycles. The minimum Gasteiger partial charge on any atom is -0.356 e. The van der Waals surface area contributed by atoms with E-state index < -0.39 is 21.7 Å². The van der Waals surface area contributed by atoms with Crippen LogP contribution in [0.3, 0.4) is 0 Å². The van der Waals surface area contributed by atoms with Gasteiger partial charge in [-0.25, -0.2) is 13.4 Å². The minimum atomic E-state index is -4.44. The summed E-state index contributed by atoms with van der Waals surface area (Å²) < 4.78 is 60.3. The highest BCUT2D eigenvalue weighted by molar-refractivity contribution is 7.91. The number of nitrogens with zero attached hydrogens (tertiary/aromatic N) is 2. The van der Waals surface area contributed by atoms with Crippen molar-refractivity contribution < 1.29 is 26.4 Å². The maximum Gasteiger partial charge on any atom is 0.434 e. The summed E-state index contributed by atoms with van der Waals surface area (Å²) >= 11 is 0.945. The van der Waals surface area contributed by atoms with Gasteiger partial charge < -0.3 is 16.0 Å². The van der Waals surface area contributed by atoms with Gasteiger partial charge in [0.05, 0.1) is 16.5 Å².